The number of nitrogens with zero attached hydrogens (tertiary/aromatic N) is 1. The number of benzene rings is 2. The highest BCUT2D eigenvalue weighted by Crippen LogP contribution is 2.19. The normalized spacial score (nSPS) is 11.6. The number of carbonyl (C=O) groups is 1. The number of rotatable bonds is 6. The van der Waals surface area contributed by atoms with E-state index in [-0.39, 0.29) is 11.4 Å². The van der Waals surface area contributed by atoms with Crippen LogP contribution in [0.5, 0.6) is 0 Å². The highest BCUT2D eigenvalue weighted by atomic mass is 32.2. The van der Waals surface area contributed by atoms with Crippen molar-refractivity contribution in [2.45, 2.75) is 18.4 Å². The summed E-state index contributed by atoms with van der Waals surface area (Å²) < 4.78 is 39.1. The lowest BCUT2D eigenvalue weighted by Crippen LogP contribution is -2.35. The lowest BCUT2D eigenvalue weighted by atomic mass is 10.2. The number of hydrogen-bond donors (Lipinski definition) is 1. The Hall–Kier alpha value is -2.25. The average molecular weight is 337 g/mol. The van der Waals surface area contributed by atoms with Crippen molar-refractivity contribution < 1.29 is 22.7 Å². The van der Waals surface area contributed by atoms with Gasteiger partial charge in [-0.2, -0.15) is 4.31 Å². The Morgan fingerprint density at radius 2 is 1.65 bits per heavy atom. The minimum absolute atomic E-state index is 0.0199. The molecule has 0 saturated carbocycles. The van der Waals surface area contributed by atoms with Crippen LogP contribution in [-0.4, -0.2) is 30.3 Å². The molecule has 5 nitrogen and oxygen atoms in total. The maximum absolute atomic E-state index is 12.9. The van der Waals surface area contributed by atoms with Crippen LogP contribution in [0, 0.1) is 12.7 Å². The topological polar surface area (TPSA) is 74.7 Å². The Kier molecular flexibility index (Phi) is 5.12. The molecule has 7 heteroatoms. The Morgan fingerprint density at radius 1 is 1.09 bits per heavy atom. The molecule has 0 radical (unpaired) electrons. The molecular formula is C16H16FNO4S. The molecule has 2 aromatic rings. The van der Waals surface area contributed by atoms with Crippen LogP contribution in [0.2, 0.25) is 0 Å². The Labute approximate surface area is 134 Å². The summed E-state index contributed by atoms with van der Waals surface area (Å²) in [5, 5.41) is 8.99. The molecule has 2 rings (SSSR count). The van der Waals surface area contributed by atoms with Gasteiger partial charge in [0, 0.05) is 6.54 Å². The summed E-state index contributed by atoms with van der Waals surface area (Å²) in [6, 6.07) is 11.4. The third-order valence-corrected chi connectivity index (χ3v) is 5.05. The number of carboxylic acids is 1. The van der Waals surface area contributed by atoms with Gasteiger partial charge in [-0.05, 0) is 36.8 Å². The molecule has 0 aliphatic carbocycles. The predicted octanol–water partition coefficient (Wildman–Crippen LogP) is 2.41. The van der Waals surface area contributed by atoms with Gasteiger partial charge >= 0.3 is 5.97 Å². The molecule has 0 heterocycles. The van der Waals surface area contributed by atoms with Gasteiger partial charge in [-0.3, -0.25) is 4.79 Å². The quantitative estimate of drug-likeness (QED) is 0.878. The van der Waals surface area contributed by atoms with Crippen LogP contribution in [0.4, 0.5) is 4.39 Å². The van der Waals surface area contributed by atoms with Crippen molar-refractivity contribution in [2.24, 2.45) is 0 Å². The molecule has 0 bridgehead atoms. The Morgan fingerprint density at radius 3 is 2.17 bits per heavy atom. The number of halogens is 1. The van der Waals surface area contributed by atoms with Crippen LogP contribution in [0.1, 0.15) is 11.1 Å². The standard InChI is InChI=1S/C16H16FNO4S/c1-12-2-8-15(9-3-12)23(21,22)18(11-16(19)20)10-13-4-6-14(17)7-5-13/h2-9H,10-11H2,1H3,(H,19,20). The van der Waals surface area contributed by atoms with Crippen LogP contribution in [0.3, 0.4) is 0 Å². The van der Waals surface area contributed by atoms with Gasteiger partial charge in [0.25, 0.3) is 0 Å². The highest BCUT2D eigenvalue weighted by molar-refractivity contribution is 7.89. The van der Waals surface area contributed by atoms with Gasteiger partial charge in [-0.1, -0.05) is 29.8 Å². The largest absolute Gasteiger partial charge is 0.480 e. The van der Waals surface area contributed by atoms with E-state index < -0.39 is 28.4 Å². The first kappa shape index (κ1) is 17.1. The van der Waals surface area contributed by atoms with Crippen molar-refractivity contribution in [1.82, 2.24) is 4.31 Å². The molecule has 0 amide bonds. The SMILES string of the molecule is Cc1ccc(S(=O)(=O)N(CC(=O)O)Cc2ccc(F)cc2)cc1. The second kappa shape index (κ2) is 6.89. The fourth-order valence-electron chi connectivity index (χ4n) is 2.03. The summed E-state index contributed by atoms with van der Waals surface area (Å²) in [5.41, 5.74) is 1.40. The summed E-state index contributed by atoms with van der Waals surface area (Å²) in [5.74, 6) is -1.71. The number of aliphatic carboxylic acids is 1. The van der Waals surface area contributed by atoms with Crippen LogP contribution in [0.25, 0.3) is 0 Å². The molecule has 0 aliphatic heterocycles. The van der Waals surface area contributed by atoms with Gasteiger partial charge in [0.05, 0.1) is 4.90 Å². The number of hydrogen-bond acceptors (Lipinski definition) is 3. The molecule has 0 aliphatic rings. The maximum Gasteiger partial charge on any atom is 0.318 e. The van der Waals surface area contributed by atoms with Crippen LogP contribution >= 0.6 is 0 Å². The van der Waals surface area contributed by atoms with Crippen molar-refractivity contribution in [3.8, 4) is 0 Å². The molecule has 122 valence electrons. The third kappa shape index (κ3) is 4.37. The maximum atomic E-state index is 12.9. The minimum atomic E-state index is -3.96. The first-order valence-electron chi connectivity index (χ1n) is 6.82. The Balaban J connectivity index is 2.34. The number of sulfonamides is 1. The van der Waals surface area contributed by atoms with Gasteiger partial charge in [-0.15, -0.1) is 0 Å². The Bertz CT molecular complexity index is 786. The molecular weight excluding hydrogens is 321 g/mol. The second-order valence-corrected chi connectivity index (χ2v) is 7.04. The van der Waals surface area contributed by atoms with E-state index in [2.05, 4.69) is 0 Å². The molecule has 0 unspecified atom stereocenters. The second-order valence-electron chi connectivity index (χ2n) is 5.11. The summed E-state index contributed by atoms with van der Waals surface area (Å²) in [7, 11) is -3.96. The molecule has 23 heavy (non-hydrogen) atoms. The number of aryl methyl sites for hydroxylation is 1. The molecule has 1 N–H and O–H groups in total. The summed E-state index contributed by atoms with van der Waals surface area (Å²) in [6.45, 7) is 1.00. The first-order valence-corrected chi connectivity index (χ1v) is 8.26. The monoisotopic (exact) mass is 337 g/mol. The summed E-state index contributed by atoms with van der Waals surface area (Å²) >= 11 is 0. The van der Waals surface area contributed by atoms with E-state index in [9.17, 15) is 17.6 Å². The zero-order valence-electron chi connectivity index (χ0n) is 12.4. The van der Waals surface area contributed by atoms with Gasteiger partial charge in [0.15, 0.2) is 0 Å². The predicted molar refractivity (Wildman–Crippen MR) is 82.8 cm³/mol. The molecule has 0 aromatic heterocycles. The molecule has 2 aromatic carbocycles. The summed E-state index contributed by atoms with van der Waals surface area (Å²) in [6.07, 6.45) is 0. The highest BCUT2D eigenvalue weighted by Gasteiger charge is 2.26. The summed E-state index contributed by atoms with van der Waals surface area (Å²) in [4.78, 5) is 11.0. The van der Waals surface area contributed by atoms with Gasteiger partial charge in [0.1, 0.15) is 12.4 Å². The molecule has 0 atom stereocenters. The zero-order valence-corrected chi connectivity index (χ0v) is 13.3. The average Bonchev–Trinajstić information content (AvgIpc) is 2.49. The van der Waals surface area contributed by atoms with E-state index in [1.807, 2.05) is 6.92 Å². The zero-order chi connectivity index (χ0) is 17.0. The fraction of sp³-hybridized carbons (Fsp3) is 0.188. The van der Waals surface area contributed by atoms with Crippen molar-refractivity contribution in [3.05, 3.63) is 65.5 Å². The lowest BCUT2D eigenvalue weighted by molar-refractivity contribution is -0.137. The third-order valence-electron chi connectivity index (χ3n) is 3.24. The van der Waals surface area contributed by atoms with Crippen molar-refractivity contribution in [3.63, 3.8) is 0 Å². The molecule has 0 fully saturated rings. The van der Waals surface area contributed by atoms with E-state index in [0.717, 1.165) is 9.87 Å². The van der Waals surface area contributed by atoms with Gasteiger partial charge in [0.2, 0.25) is 10.0 Å². The first-order chi connectivity index (χ1) is 10.8. The van der Waals surface area contributed by atoms with Crippen molar-refractivity contribution >= 4 is 16.0 Å². The van der Waals surface area contributed by atoms with Crippen molar-refractivity contribution in [1.29, 1.82) is 0 Å². The van der Waals surface area contributed by atoms with E-state index >= 15 is 0 Å². The van der Waals surface area contributed by atoms with E-state index in [4.69, 9.17) is 5.11 Å². The van der Waals surface area contributed by atoms with Crippen LogP contribution in [0.15, 0.2) is 53.4 Å². The number of carboxylic acid groups (broad SMARTS) is 1. The minimum Gasteiger partial charge on any atom is -0.480 e. The van der Waals surface area contributed by atoms with Gasteiger partial charge < -0.3 is 5.11 Å². The van der Waals surface area contributed by atoms with E-state index in [0.29, 0.717) is 5.56 Å². The molecule has 0 saturated heterocycles. The smallest absolute Gasteiger partial charge is 0.318 e. The van der Waals surface area contributed by atoms with Gasteiger partial charge in [-0.25, -0.2) is 12.8 Å². The van der Waals surface area contributed by atoms with E-state index in [1.165, 1.54) is 36.4 Å². The van der Waals surface area contributed by atoms with Crippen molar-refractivity contribution in [2.75, 3.05) is 6.54 Å². The van der Waals surface area contributed by atoms with Crippen LogP contribution < -0.4 is 0 Å². The van der Waals surface area contributed by atoms with E-state index in [1.54, 1.807) is 12.1 Å². The fourth-order valence-corrected chi connectivity index (χ4v) is 3.41. The molecule has 0 spiro atoms. The lowest BCUT2D eigenvalue weighted by Gasteiger charge is -2.20. The van der Waals surface area contributed by atoms with Crippen LogP contribution in [-0.2, 0) is 21.4 Å².